The molecule has 9 heteroatoms. The number of nitrogens with two attached hydrogens (primary N) is 1. The van der Waals surface area contributed by atoms with Gasteiger partial charge in [0.05, 0.1) is 6.54 Å². The molecular weight excluding hydrogens is 352 g/mol. The fraction of sp³-hybridized carbons (Fsp3) is 0.778. The van der Waals surface area contributed by atoms with Crippen molar-refractivity contribution in [3.8, 4) is 0 Å². The number of likely N-dealkylation sites (tertiary alicyclic amines) is 1. The van der Waals surface area contributed by atoms with Crippen LogP contribution >= 0.6 is 0 Å². The quantitative estimate of drug-likeness (QED) is 0.589. The van der Waals surface area contributed by atoms with E-state index >= 15 is 0 Å². The van der Waals surface area contributed by atoms with Crippen molar-refractivity contribution in [3.63, 3.8) is 0 Å². The highest BCUT2D eigenvalue weighted by molar-refractivity contribution is 5.92. The van der Waals surface area contributed by atoms with Gasteiger partial charge in [-0.05, 0) is 46.0 Å². The van der Waals surface area contributed by atoms with E-state index in [2.05, 4.69) is 10.6 Å². The second kappa shape index (κ2) is 9.57. The molecule has 0 saturated carbocycles. The summed E-state index contributed by atoms with van der Waals surface area (Å²) in [5.74, 6) is -1.40. The van der Waals surface area contributed by atoms with Crippen LogP contribution in [0.3, 0.4) is 0 Å². The molecule has 1 saturated heterocycles. The smallest absolute Gasteiger partial charge is 0.410 e. The lowest BCUT2D eigenvalue weighted by Gasteiger charge is -2.29. The van der Waals surface area contributed by atoms with Crippen molar-refractivity contribution in [2.24, 2.45) is 11.7 Å². The Labute approximate surface area is 160 Å². The zero-order valence-corrected chi connectivity index (χ0v) is 16.8. The first-order valence-corrected chi connectivity index (χ1v) is 9.26. The van der Waals surface area contributed by atoms with Gasteiger partial charge in [-0.2, -0.15) is 0 Å². The number of primary amides is 1. The van der Waals surface area contributed by atoms with E-state index in [1.54, 1.807) is 20.8 Å². The molecule has 0 aromatic heterocycles. The number of hydrogen-bond donors (Lipinski definition) is 3. The van der Waals surface area contributed by atoms with Crippen molar-refractivity contribution >= 4 is 23.8 Å². The monoisotopic (exact) mass is 384 g/mol. The van der Waals surface area contributed by atoms with Crippen LogP contribution in [0.5, 0.6) is 0 Å². The van der Waals surface area contributed by atoms with Gasteiger partial charge in [0, 0.05) is 6.54 Å². The molecule has 154 valence electrons. The van der Waals surface area contributed by atoms with Crippen LogP contribution in [-0.4, -0.2) is 59.5 Å². The molecule has 2 atom stereocenters. The first-order valence-electron chi connectivity index (χ1n) is 9.26. The van der Waals surface area contributed by atoms with E-state index in [0.717, 1.165) is 0 Å². The average molecular weight is 384 g/mol. The molecule has 1 aliphatic heterocycles. The Morgan fingerprint density at radius 2 is 1.85 bits per heavy atom. The van der Waals surface area contributed by atoms with Crippen molar-refractivity contribution in [2.75, 3.05) is 13.1 Å². The minimum Gasteiger partial charge on any atom is -0.444 e. The molecule has 4 N–H and O–H groups in total. The molecule has 4 amide bonds. The number of ether oxygens (including phenoxy) is 1. The minimum atomic E-state index is -0.807. The lowest BCUT2D eigenvalue weighted by Crippen LogP contribution is -2.54. The van der Waals surface area contributed by atoms with Gasteiger partial charge in [-0.1, -0.05) is 13.8 Å². The molecule has 1 rings (SSSR count). The van der Waals surface area contributed by atoms with Crippen LogP contribution in [0.25, 0.3) is 0 Å². The van der Waals surface area contributed by atoms with Crippen molar-refractivity contribution in [1.82, 2.24) is 15.5 Å². The molecule has 0 aromatic carbocycles. The summed E-state index contributed by atoms with van der Waals surface area (Å²) in [6, 6.07) is -1.49. The number of carbonyl (C=O) groups excluding carboxylic acids is 4. The van der Waals surface area contributed by atoms with E-state index < -0.39 is 41.5 Å². The van der Waals surface area contributed by atoms with Crippen molar-refractivity contribution < 1.29 is 23.9 Å². The summed E-state index contributed by atoms with van der Waals surface area (Å²) in [7, 11) is 0. The molecule has 0 radical (unpaired) electrons. The topological polar surface area (TPSA) is 131 Å². The molecule has 27 heavy (non-hydrogen) atoms. The third-order valence-electron chi connectivity index (χ3n) is 3.96. The summed E-state index contributed by atoms with van der Waals surface area (Å²) in [5.41, 5.74) is 4.39. The number of hydrogen-bond acceptors (Lipinski definition) is 5. The van der Waals surface area contributed by atoms with Crippen molar-refractivity contribution in [3.05, 3.63) is 0 Å². The molecule has 0 bridgehead atoms. The molecule has 9 nitrogen and oxygen atoms in total. The molecule has 0 unspecified atom stereocenters. The van der Waals surface area contributed by atoms with Gasteiger partial charge in [0.25, 0.3) is 0 Å². The third kappa shape index (κ3) is 7.84. The lowest BCUT2D eigenvalue weighted by atomic mass is 10.0. The van der Waals surface area contributed by atoms with Gasteiger partial charge >= 0.3 is 6.09 Å². The predicted octanol–water partition coefficient (Wildman–Crippen LogP) is 0.518. The van der Waals surface area contributed by atoms with Gasteiger partial charge in [0.2, 0.25) is 17.7 Å². The fourth-order valence-corrected chi connectivity index (χ4v) is 2.85. The first-order chi connectivity index (χ1) is 12.4. The average Bonchev–Trinajstić information content (AvgIpc) is 2.99. The van der Waals surface area contributed by atoms with Gasteiger partial charge in [0.15, 0.2) is 0 Å². The van der Waals surface area contributed by atoms with Crippen LogP contribution in [0.15, 0.2) is 0 Å². The SMILES string of the molecule is CC(C)C[C@@H](NC(=O)[C@H]1CCCN1C(=O)OC(C)(C)C)C(=O)NCC(N)=O. The molecule has 0 aromatic rings. The molecule has 0 aliphatic carbocycles. The Bertz CT molecular complexity index is 571. The van der Waals surface area contributed by atoms with E-state index in [0.29, 0.717) is 25.8 Å². The van der Waals surface area contributed by atoms with Crippen molar-refractivity contribution in [2.45, 2.75) is 71.6 Å². The van der Waals surface area contributed by atoms with Crippen LogP contribution < -0.4 is 16.4 Å². The molecule has 1 heterocycles. The number of nitrogens with zero attached hydrogens (tertiary/aromatic N) is 1. The summed E-state index contributed by atoms with van der Waals surface area (Å²) in [6.07, 6.45) is 1.04. The van der Waals surface area contributed by atoms with Crippen LogP contribution in [0.4, 0.5) is 4.79 Å². The Kier molecular flexibility index (Phi) is 8.05. The van der Waals surface area contributed by atoms with Crippen LogP contribution in [0.1, 0.15) is 53.9 Å². The Morgan fingerprint density at radius 1 is 1.22 bits per heavy atom. The third-order valence-corrected chi connectivity index (χ3v) is 3.96. The van der Waals surface area contributed by atoms with E-state index in [9.17, 15) is 19.2 Å². The van der Waals surface area contributed by atoms with E-state index in [4.69, 9.17) is 10.5 Å². The summed E-state index contributed by atoms with van der Waals surface area (Å²) in [6.45, 7) is 9.26. The van der Waals surface area contributed by atoms with Crippen LogP contribution in [-0.2, 0) is 19.1 Å². The van der Waals surface area contributed by atoms with Gasteiger partial charge in [-0.15, -0.1) is 0 Å². The standard InChI is InChI=1S/C18H32N4O5/c1-11(2)9-12(15(24)20-10-14(19)23)21-16(25)13-7-6-8-22(13)17(26)27-18(3,4)5/h11-13H,6-10H2,1-5H3,(H2,19,23)(H,20,24)(H,21,25)/t12-,13-/m1/s1. The number of amides is 4. The molecule has 1 aliphatic rings. The highest BCUT2D eigenvalue weighted by Gasteiger charge is 2.38. The Balaban J connectivity index is 2.79. The van der Waals surface area contributed by atoms with E-state index in [1.807, 2.05) is 13.8 Å². The maximum atomic E-state index is 12.7. The van der Waals surface area contributed by atoms with Gasteiger partial charge in [0.1, 0.15) is 17.7 Å². The fourth-order valence-electron chi connectivity index (χ4n) is 2.85. The summed E-state index contributed by atoms with van der Waals surface area (Å²) < 4.78 is 5.36. The maximum Gasteiger partial charge on any atom is 0.410 e. The van der Waals surface area contributed by atoms with Gasteiger partial charge < -0.3 is 21.1 Å². The predicted molar refractivity (Wildman–Crippen MR) is 99.6 cm³/mol. The number of carbonyl (C=O) groups is 4. The maximum absolute atomic E-state index is 12.7. The molecule has 1 fully saturated rings. The molecule has 0 spiro atoms. The van der Waals surface area contributed by atoms with Crippen LogP contribution in [0.2, 0.25) is 0 Å². The molecular formula is C18H32N4O5. The van der Waals surface area contributed by atoms with Crippen molar-refractivity contribution in [1.29, 1.82) is 0 Å². The normalized spacial score (nSPS) is 18.1. The van der Waals surface area contributed by atoms with E-state index in [1.165, 1.54) is 4.90 Å². The largest absolute Gasteiger partial charge is 0.444 e. The number of nitrogens with one attached hydrogen (secondary N) is 2. The Morgan fingerprint density at radius 3 is 2.37 bits per heavy atom. The highest BCUT2D eigenvalue weighted by atomic mass is 16.6. The minimum absolute atomic E-state index is 0.139. The summed E-state index contributed by atoms with van der Waals surface area (Å²) in [4.78, 5) is 49.6. The van der Waals surface area contributed by atoms with E-state index in [-0.39, 0.29) is 12.5 Å². The first kappa shape index (κ1) is 22.7. The zero-order chi connectivity index (χ0) is 20.8. The highest BCUT2D eigenvalue weighted by Crippen LogP contribution is 2.21. The Hall–Kier alpha value is -2.32. The van der Waals surface area contributed by atoms with Gasteiger partial charge in [-0.25, -0.2) is 4.79 Å². The van der Waals surface area contributed by atoms with Crippen LogP contribution in [0, 0.1) is 5.92 Å². The summed E-state index contributed by atoms with van der Waals surface area (Å²) >= 11 is 0. The lowest BCUT2D eigenvalue weighted by molar-refractivity contribution is -0.132. The number of rotatable bonds is 7. The van der Waals surface area contributed by atoms with Gasteiger partial charge in [-0.3, -0.25) is 19.3 Å². The summed E-state index contributed by atoms with van der Waals surface area (Å²) in [5, 5.41) is 5.12. The second-order valence-electron chi connectivity index (χ2n) is 8.21. The second-order valence-corrected chi connectivity index (χ2v) is 8.21. The zero-order valence-electron chi connectivity index (χ0n) is 16.8.